The van der Waals surface area contributed by atoms with Gasteiger partial charge in [0.2, 0.25) is 0 Å². The molecule has 1 fully saturated rings. The van der Waals surface area contributed by atoms with Gasteiger partial charge in [0.15, 0.2) is 6.61 Å². The van der Waals surface area contributed by atoms with Gasteiger partial charge in [0.25, 0.3) is 0 Å². The number of ether oxygens (including phenoxy) is 3. The minimum absolute atomic E-state index is 0.0168. The first-order valence-electron chi connectivity index (χ1n) is 9.89. The van der Waals surface area contributed by atoms with E-state index in [1.807, 2.05) is 19.9 Å². The Morgan fingerprint density at radius 2 is 1.97 bits per heavy atom. The summed E-state index contributed by atoms with van der Waals surface area (Å²) < 4.78 is 30.6. The molecule has 160 valence electrons. The van der Waals surface area contributed by atoms with E-state index in [0.717, 1.165) is 23.1 Å². The quantitative estimate of drug-likeness (QED) is 0.637. The van der Waals surface area contributed by atoms with Crippen molar-refractivity contribution in [1.29, 1.82) is 0 Å². The molecule has 0 aromatic heterocycles. The SMILES string of the molecule is C=C(C)[C@H]1C[C@H](c2ccc(F)cc2)[C@H](C)O[C@@H]1c1ccc(OC)cc1OCC(=O)O. The highest BCUT2D eigenvalue weighted by Crippen LogP contribution is 2.48. The van der Waals surface area contributed by atoms with E-state index in [0.29, 0.717) is 11.5 Å². The first-order chi connectivity index (χ1) is 14.3. The zero-order valence-electron chi connectivity index (χ0n) is 17.4. The Bertz CT molecular complexity index is 908. The summed E-state index contributed by atoms with van der Waals surface area (Å²) in [6.07, 6.45) is 0.298. The van der Waals surface area contributed by atoms with Crippen LogP contribution < -0.4 is 9.47 Å². The number of hydrogen-bond acceptors (Lipinski definition) is 4. The lowest BCUT2D eigenvalue weighted by Crippen LogP contribution is -2.34. The molecule has 0 spiro atoms. The third-order valence-electron chi connectivity index (χ3n) is 5.61. The Morgan fingerprint density at radius 3 is 2.57 bits per heavy atom. The van der Waals surface area contributed by atoms with E-state index < -0.39 is 12.6 Å². The number of benzene rings is 2. The molecule has 5 nitrogen and oxygen atoms in total. The van der Waals surface area contributed by atoms with Gasteiger partial charge in [-0.05, 0) is 50.1 Å². The lowest BCUT2D eigenvalue weighted by Gasteiger charge is -2.41. The van der Waals surface area contributed by atoms with Crippen molar-refractivity contribution in [3.63, 3.8) is 0 Å². The van der Waals surface area contributed by atoms with Crippen molar-refractivity contribution in [2.75, 3.05) is 13.7 Å². The maximum atomic E-state index is 13.4. The van der Waals surface area contributed by atoms with Crippen LogP contribution in [0.15, 0.2) is 54.6 Å². The van der Waals surface area contributed by atoms with Crippen LogP contribution in [0.25, 0.3) is 0 Å². The molecule has 3 rings (SSSR count). The fraction of sp³-hybridized carbons (Fsp3) is 0.375. The molecule has 1 heterocycles. The molecule has 1 aliphatic rings. The number of aliphatic carboxylic acids is 1. The van der Waals surface area contributed by atoms with E-state index in [-0.39, 0.29) is 29.9 Å². The molecule has 4 atom stereocenters. The number of carboxylic acids is 1. The molecule has 6 heteroatoms. The Hall–Kier alpha value is -2.86. The van der Waals surface area contributed by atoms with E-state index in [9.17, 15) is 9.18 Å². The Balaban J connectivity index is 1.94. The van der Waals surface area contributed by atoms with Gasteiger partial charge in [-0.2, -0.15) is 0 Å². The first-order valence-corrected chi connectivity index (χ1v) is 9.89. The molecule has 0 amide bonds. The molecule has 0 bridgehead atoms. The number of hydrogen-bond donors (Lipinski definition) is 1. The van der Waals surface area contributed by atoms with Crippen molar-refractivity contribution in [3.05, 3.63) is 71.6 Å². The summed E-state index contributed by atoms with van der Waals surface area (Å²) in [5.74, 6) is -0.271. The lowest BCUT2D eigenvalue weighted by atomic mass is 9.76. The van der Waals surface area contributed by atoms with Gasteiger partial charge in [0.1, 0.15) is 17.3 Å². The Kier molecular flexibility index (Phi) is 6.77. The Morgan fingerprint density at radius 1 is 1.27 bits per heavy atom. The van der Waals surface area contributed by atoms with Gasteiger partial charge >= 0.3 is 5.97 Å². The van der Waals surface area contributed by atoms with Crippen LogP contribution in [-0.2, 0) is 9.53 Å². The zero-order chi connectivity index (χ0) is 21.8. The average Bonchev–Trinajstić information content (AvgIpc) is 2.72. The van der Waals surface area contributed by atoms with Gasteiger partial charge in [-0.1, -0.05) is 24.3 Å². The van der Waals surface area contributed by atoms with Gasteiger partial charge in [-0.15, -0.1) is 0 Å². The third-order valence-corrected chi connectivity index (χ3v) is 5.61. The molecular formula is C24H27FO5. The van der Waals surface area contributed by atoms with Crippen molar-refractivity contribution >= 4 is 5.97 Å². The van der Waals surface area contributed by atoms with Crippen LogP contribution >= 0.6 is 0 Å². The van der Waals surface area contributed by atoms with Crippen LogP contribution in [-0.4, -0.2) is 30.9 Å². The van der Waals surface area contributed by atoms with Crippen LogP contribution in [0.1, 0.15) is 43.4 Å². The molecule has 0 saturated carbocycles. The highest BCUT2D eigenvalue weighted by Gasteiger charge is 2.39. The minimum Gasteiger partial charge on any atom is -0.497 e. The molecule has 0 radical (unpaired) electrons. The summed E-state index contributed by atoms with van der Waals surface area (Å²) in [6.45, 7) is 7.66. The first kappa shape index (κ1) is 21.8. The molecule has 1 N–H and O–H groups in total. The molecule has 0 unspecified atom stereocenters. The number of carboxylic acid groups (broad SMARTS) is 1. The number of halogens is 1. The van der Waals surface area contributed by atoms with Gasteiger partial charge in [-0.3, -0.25) is 0 Å². The predicted octanol–water partition coefficient (Wildman–Crippen LogP) is 5.12. The second kappa shape index (κ2) is 9.30. The van der Waals surface area contributed by atoms with Gasteiger partial charge < -0.3 is 19.3 Å². The van der Waals surface area contributed by atoms with E-state index >= 15 is 0 Å². The van der Waals surface area contributed by atoms with Crippen LogP contribution in [0.5, 0.6) is 11.5 Å². The molecule has 30 heavy (non-hydrogen) atoms. The van der Waals surface area contributed by atoms with Crippen molar-refractivity contribution in [2.45, 2.75) is 38.4 Å². The lowest BCUT2D eigenvalue weighted by molar-refractivity contribution is -0.139. The molecule has 2 aromatic carbocycles. The minimum atomic E-state index is -1.06. The van der Waals surface area contributed by atoms with Crippen molar-refractivity contribution in [1.82, 2.24) is 0 Å². The standard InChI is InChI=1S/C24H27FO5/c1-14(2)20-12-21(16-5-7-17(25)8-6-16)15(3)30-24(20)19-10-9-18(28-4)11-22(19)29-13-23(26)27/h5-11,15,20-21,24H,1,12-13H2,2-4H3,(H,26,27)/t15-,20+,21-,24+/m0/s1. The number of rotatable bonds is 7. The molecule has 1 aliphatic heterocycles. The summed E-state index contributed by atoms with van der Waals surface area (Å²) in [4.78, 5) is 11.0. The molecule has 2 aromatic rings. The molecule has 0 aliphatic carbocycles. The predicted molar refractivity (Wildman–Crippen MR) is 111 cm³/mol. The van der Waals surface area contributed by atoms with Crippen LogP contribution in [0.2, 0.25) is 0 Å². The summed E-state index contributed by atoms with van der Waals surface area (Å²) in [5.41, 5.74) is 2.74. The molecular weight excluding hydrogens is 387 g/mol. The number of carbonyl (C=O) groups is 1. The van der Waals surface area contributed by atoms with E-state index in [1.165, 1.54) is 12.1 Å². The molecule has 1 saturated heterocycles. The fourth-order valence-corrected chi connectivity index (χ4v) is 4.02. The van der Waals surface area contributed by atoms with Crippen LogP contribution in [0.4, 0.5) is 4.39 Å². The average molecular weight is 414 g/mol. The largest absolute Gasteiger partial charge is 0.497 e. The van der Waals surface area contributed by atoms with Crippen molar-refractivity contribution in [2.24, 2.45) is 5.92 Å². The second-order valence-corrected chi connectivity index (χ2v) is 7.69. The summed E-state index contributed by atoms with van der Waals surface area (Å²) >= 11 is 0. The van der Waals surface area contributed by atoms with E-state index in [4.69, 9.17) is 19.3 Å². The maximum absolute atomic E-state index is 13.4. The zero-order valence-corrected chi connectivity index (χ0v) is 17.4. The summed E-state index contributed by atoms with van der Waals surface area (Å²) in [6, 6.07) is 11.8. The van der Waals surface area contributed by atoms with Gasteiger partial charge in [0, 0.05) is 23.5 Å². The number of methoxy groups -OCH3 is 1. The maximum Gasteiger partial charge on any atom is 0.341 e. The van der Waals surface area contributed by atoms with Gasteiger partial charge in [-0.25, -0.2) is 9.18 Å². The van der Waals surface area contributed by atoms with E-state index in [2.05, 4.69) is 6.58 Å². The van der Waals surface area contributed by atoms with Gasteiger partial charge in [0.05, 0.1) is 19.3 Å². The monoisotopic (exact) mass is 414 g/mol. The third kappa shape index (κ3) is 4.82. The summed E-state index contributed by atoms with van der Waals surface area (Å²) in [7, 11) is 1.54. The summed E-state index contributed by atoms with van der Waals surface area (Å²) in [5, 5.41) is 9.04. The van der Waals surface area contributed by atoms with E-state index in [1.54, 1.807) is 31.4 Å². The second-order valence-electron chi connectivity index (χ2n) is 7.69. The smallest absolute Gasteiger partial charge is 0.341 e. The highest BCUT2D eigenvalue weighted by molar-refractivity contribution is 5.68. The normalized spacial score (nSPS) is 23.6. The fourth-order valence-electron chi connectivity index (χ4n) is 4.02. The van der Waals surface area contributed by atoms with Crippen LogP contribution in [0.3, 0.4) is 0 Å². The van der Waals surface area contributed by atoms with Crippen LogP contribution in [0, 0.1) is 11.7 Å². The Labute approximate surface area is 176 Å². The van der Waals surface area contributed by atoms with Crippen molar-refractivity contribution in [3.8, 4) is 11.5 Å². The van der Waals surface area contributed by atoms with Crippen molar-refractivity contribution < 1.29 is 28.5 Å². The topological polar surface area (TPSA) is 65.0 Å². The highest BCUT2D eigenvalue weighted by atomic mass is 19.1.